The molecule has 0 radical (unpaired) electrons. The molecule has 0 atom stereocenters. The van der Waals surface area contributed by atoms with Gasteiger partial charge in [-0.25, -0.2) is 0 Å². The molecule has 0 fully saturated rings. The number of nitrogens with zero attached hydrogens (tertiary/aromatic N) is 4. The Morgan fingerprint density at radius 3 is 2.04 bits per heavy atom. The fourth-order valence-electron chi connectivity index (χ4n) is 3.07. The monoisotopic (exact) mass is 396 g/mol. The van der Waals surface area contributed by atoms with E-state index in [1.807, 2.05) is 30.3 Å². The lowest BCUT2D eigenvalue weighted by Crippen LogP contribution is -2.17. The van der Waals surface area contributed by atoms with Gasteiger partial charge in [0, 0.05) is 5.75 Å². The maximum absolute atomic E-state index is 10.9. The molecule has 0 aliphatic heterocycles. The molecule has 0 aliphatic carbocycles. The molecule has 1 heterocycles. The van der Waals surface area contributed by atoms with Crippen molar-refractivity contribution < 1.29 is 5.11 Å². The maximum Gasteiger partial charge on any atom is 0.214 e. The van der Waals surface area contributed by atoms with Gasteiger partial charge in [0.1, 0.15) is 5.75 Å². The Morgan fingerprint density at radius 1 is 0.929 bits per heavy atom. The molecular formula is C22H28N4OS. The number of thioether (sulfide) groups is 1. The molecule has 0 saturated carbocycles. The molecule has 3 aromatic rings. The molecule has 0 saturated heterocycles. The van der Waals surface area contributed by atoms with Gasteiger partial charge in [0.05, 0.1) is 5.69 Å². The van der Waals surface area contributed by atoms with Crippen molar-refractivity contribution in [2.45, 2.75) is 63.3 Å². The molecule has 0 spiro atoms. The number of phenols is 1. The van der Waals surface area contributed by atoms with Crippen LogP contribution in [0.5, 0.6) is 5.75 Å². The van der Waals surface area contributed by atoms with Crippen molar-refractivity contribution in [3.8, 4) is 11.4 Å². The van der Waals surface area contributed by atoms with Gasteiger partial charge in [0.25, 0.3) is 0 Å². The molecule has 0 bridgehead atoms. The number of tetrazole rings is 1. The second-order valence-corrected chi connectivity index (χ2v) is 9.98. The van der Waals surface area contributed by atoms with Gasteiger partial charge in [-0.15, -0.1) is 5.10 Å². The van der Waals surface area contributed by atoms with Crippen molar-refractivity contribution in [3.05, 3.63) is 59.2 Å². The second-order valence-electron chi connectivity index (χ2n) is 9.04. The van der Waals surface area contributed by atoms with E-state index in [0.717, 1.165) is 33.3 Å². The highest BCUT2D eigenvalue weighted by atomic mass is 32.2. The summed E-state index contributed by atoms with van der Waals surface area (Å²) in [7, 11) is 0. The molecule has 28 heavy (non-hydrogen) atoms. The number of phenolic OH excluding ortho intramolecular Hbond substituents is 1. The Labute approximate surface area is 171 Å². The van der Waals surface area contributed by atoms with Gasteiger partial charge < -0.3 is 5.11 Å². The highest BCUT2D eigenvalue weighted by molar-refractivity contribution is 7.98. The van der Waals surface area contributed by atoms with Crippen LogP contribution in [-0.4, -0.2) is 25.3 Å². The van der Waals surface area contributed by atoms with Crippen LogP contribution in [0.4, 0.5) is 0 Å². The highest BCUT2D eigenvalue weighted by Crippen LogP contribution is 2.40. The van der Waals surface area contributed by atoms with E-state index in [1.165, 1.54) is 0 Å². The van der Waals surface area contributed by atoms with E-state index in [1.54, 1.807) is 16.4 Å². The van der Waals surface area contributed by atoms with Crippen LogP contribution in [0, 0.1) is 0 Å². The lowest BCUT2D eigenvalue weighted by molar-refractivity contribution is 0.423. The average Bonchev–Trinajstić information content (AvgIpc) is 3.08. The van der Waals surface area contributed by atoms with Crippen LogP contribution in [0.3, 0.4) is 0 Å². The zero-order chi connectivity index (χ0) is 20.5. The highest BCUT2D eigenvalue weighted by Gasteiger charge is 2.26. The van der Waals surface area contributed by atoms with Crippen LogP contribution in [0.15, 0.2) is 47.6 Å². The van der Waals surface area contributed by atoms with Crippen LogP contribution >= 0.6 is 11.8 Å². The summed E-state index contributed by atoms with van der Waals surface area (Å²) in [6.07, 6.45) is 0. The van der Waals surface area contributed by atoms with E-state index in [0.29, 0.717) is 5.75 Å². The number of aromatic nitrogens is 4. The molecule has 1 N–H and O–H groups in total. The van der Waals surface area contributed by atoms with Crippen molar-refractivity contribution in [2.75, 3.05) is 0 Å². The molecule has 6 heteroatoms. The van der Waals surface area contributed by atoms with Gasteiger partial charge in [0.2, 0.25) is 5.16 Å². The van der Waals surface area contributed by atoms with Crippen LogP contribution in [0.25, 0.3) is 5.69 Å². The number of para-hydroxylation sites is 1. The molecule has 2 aromatic carbocycles. The fraction of sp³-hybridized carbons (Fsp3) is 0.409. The standard InChI is InChI=1S/C22H28N4OS/c1-21(2,3)17-12-15(13-18(19(17)27)22(4,5)6)14-28-20-23-24-25-26(20)16-10-8-7-9-11-16/h7-13,27H,14H2,1-6H3. The number of hydrogen-bond donors (Lipinski definition) is 1. The smallest absolute Gasteiger partial charge is 0.214 e. The fourth-order valence-corrected chi connectivity index (χ4v) is 3.89. The van der Waals surface area contributed by atoms with Gasteiger partial charge >= 0.3 is 0 Å². The average molecular weight is 397 g/mol. The molecule has 5 nitrogen and oxygen atoms in total. The second kappa shape index (κ2) is 7.59. The number of rotatable bonds is 4. The summed E-state index contributed by atoms with van der Waals surface area (Å²) in [5.74, 6) is 1.13. The van der Waals surface area contributed by atoms with Gasteiger partial charge in [-0.05, 0) is 50.1 Å². The van der Waals surface area contributed by atoms with Crippen molar-refractivity contribution in [2.24, 2.45) is 0 Å². The van der Waals surface area contributed by atoms with Gasteiger partial charge in [-0.1, -0.05) is 83.6 Å². The lowest BCUT2D eigenvalue weighted by Gasteiger charge is -2.28. The van der Waals surface area contributed by atoms with Crippen LogP contribution in [-0.2, 0) is 16.6 Å². The first-order chi connectivity index (χ1) is 13.1. The number of benzene rings is 2. The summed E-state index contributed by atoms with van der Waals surface area (Å²) in [4.78, 5) is 0. The van der Waals surface area contributed by atoms with E-state index in [2.05, 4.69) is 69.2 Å². The Hall–Kier alpha value is -2.34. The van der Waals surface area contributed by atoms with E-state index in [-0.39, 0.29) is 10.8 Å². The van der Waals surface area contributed by atoms with Crippen LogP contribution in [0.1, 0.15) is 58.2 Å². The Bertz CT molecular complexity index is 918. The van der Waals surface area contributed by atoms with Gasteiger partial charge in [0.15, 0.2) is 0 Å². The van der Waals surface area contributed by atoms with Crippen LogP contribution in [0.2, 0.25) is 0 Å². The Balaban J connectivity index is 1.93. The predicted octanol–water partition coefficient (Wildman–Crippen LogP) is 5.26. The largest absolute Gasteiger partial charge is 0.507 e. The Morgan fingerprint density at radius 2 is 1.50 bits per heavy atom. The minimum Gasteiger partial charge on any atom is -0.507 e. The van der Waals surface area contributed by atoms with Gasteiger partial charge in [-0.2, -0.15) is 4.68 Å². The lowest BCUT2D eigenvalue weighted by atomic mass is 9.78. The predicted molar refractivity (Wildman–Crippen MR) is 114 cm³/mol. The minimum absolute atomic E-state index is 0.142. The quantitative estimate of drug-likeness (QED) is 0.610. The third-order valence-electron chi connectivity index (χ3n) is 4.60. The SMILES string of the molecule is CC(C)(C)c1cc(CSc2nnnn2-c2ccccc2)cc(C(C)(C)C)c1O. The normalized spacial score (nSPS) is 12.4. The minimum atomic E-state index is -0.142. The van der Waals surface area contributed by atoms with Crippen molar-refractivity contribution in [1.29, 1.82) is 0 Å². The zero-order valence-electron chi connectivity index (χ0n) is 17.4. The molecule has 0 unspecified atom stereocenters. The van der Waals surface area contributed by atoms with E-state index >= 15 is 0 Å². The zero-order valence-corrected chi connectivity index (χ0v) is 18.2. The van der Waals surface area contributed by atoms with Crippen molar-refractivity contribution in [1.82, 2.24) is 20.2 Å². The first-order valence-electron chi connectivity index (χ1n) is 9.41. The van der Waals surface area contributed by atoms with E-state index in [9.17, 15) is 5.11 Å². The first-order valence-corrected chi connectivity index (χ1v) is 10.4. The van der Waals surface area contributed by atoms with E-state index in [4.69, 9.17) is 0 Å². The number of aromatic hydroxyl groups is 1. The third-order valence-corrected chi connectivity index (χ3v) is 5.59. The summed E-state index contributed by atoms with van der Waals surface area (Å²) in [5.41, 5.74) is 3.75. The maximum atomic E-state index is 10.9. The molecule has 1 aromatic heterocycles. The summed E-state index contributed by atoms with van der Waals surface area (Å²) in [6.45, 7) is 12.8. The topological polar surface area (TPSA) is 63.8 Å². The summed E-state index contributed by atoms with van der Waals surface area (Å²) in [6, 6.07) is 14.1. The Kier molecular flexibility index (Phi) is 5.53. The molecule has 0 amide bonds. The molecular weight excluding hydrogens is 368 g/mol. The van der Waals surface area contributed by atoms with Crippen molar-refractivity contribution >= 4 is 11.8 Å². The molecule has 0 aliphatic rings. The first kappa shape index (κ1) is 20.4. The summed E-state index contributed by atoms with van der Waals surface area (Å²) >= 11 is 1.59. The van der Waals surface area contributed by atoms with E-state index < -0.39 is 0 Å². The van der Waals surface area contributed by atoms with Crippen LogP contribution < -0.4 is 0 Å². The third kappa shape index (κ3) is 4.38. The van der Waals surface area contributed by atoms with Crippen molar-refractivity contribution in [3.63, 3.8) is 0 Å². The van der Waals surface area contributed by atoms with Gasteiger partial charge in [-0.3, -0.25) is 0 Å². The summed E-state index contributed by atoms with van der Waals surface area (Å²) < 4.78 is 1.75. The molecule has 148 valence electrons. The molecule has 3 rings (SSSR count). The summed E-state index contributed by atoms with van der Waals surface area (Å²) in [5, 5.41) is 23.8. The number of hydrogen-bond acceptors (Lipinski definition) is 5.